The summed E-state index contributed by atoms with van der Waals surface area (Å²) in [6.07, 6.45) is 0. The largest absolute Gasteiger partial charge is 0.394 e. The Kier molecular flexibility index (Phi) is 0.796. The van der Waals surface area contributed by atoms with E-state index in [1.165, 1.54) is 0 Å². The Morgan fingerprint density at radius 1 is 1.57 bits per heavy atom. The summed E-state index contributed by atoms with van der Waals surface area (Å²) in [7, 11) is 0. The molecule has 38 valence electrons. The van der Waals surface area contributed by atoms with Gasteiger partial charge in [-0.1, -0.05) is 0 Å². The third-order valence-corrected chi connectivity index (χ3v) is 0.625. The fourth-order valence-corrected chi connectivity index (χ4v) is 0.296. The van der Waals surface area contributed by atoms with Crippen LogP contribution >= 0.6 is 0 Å². The van der Waals surface area contributed by atoms with E-state index in [-0.39, 0.29) is 6.54 Å². The molecule has 1 aliphatic heterocycles. The van der Waals surface area contributed by atoms with Gasteiger partial charge in [-0.3, -0.25) is 4.79 Å². The first-order chi connectivity index (χ1) is 3.30. The minimum atomic E-state index is -0.792. The molecule has 4 heteroatoms. The van der Waals surface area contributed by atoms with Crippen molar-refractivity contribution in [2.24, 2.45) is 0 Å². The number of Topliss-reactive ketones (excluding diaryl/α,β-unsaturated/α-hetero) is 1. The number of hydrogen-bond acceptors (Lipinski definition) is 4. The van der Waals surface area contributed by atoms with Crippen molar-refractivity contribution in [2.75, 3.05) is 6.54 Å². The van der Waals surface area contributed by atoms with Crippen molar-refractivity contribution in [3.05, 3.63) is 0 Å². The quantitative estimate of drug-likeness (QED) is 0.382. The molecule has 0 amide bonds. The Morgan fingerprint density at radius 3 is 2.43 bits per heavy atom. The first-order valence-corrected chi connectivity index (χ1v) is 1.77. The summed E-state index contributed by atoms with van der Waals surface area (Å²) >= 11 is 0. The molecule has 7 heavy (non-hydrogen) atoms. The number of ketones is 1. The van der Waals surface area contributed by atoms with Crippen molar-refractivity contribution < 1.29 is 14.4 Å². The average molecular weight is 101 g/mol. The van der Waals surface area contributed by atoms with Gasteiger partial charge >= 0.3 is 5.97 Å². The monoisotopic (exact) mass is 101 g/mol. The lowest BCUT2D eigenvalue weighted by atomic mass is 10.4. The number of hydroxylamine groups is 1. The van der Waals surface area contributed by atoms with Crippen molar-refractivity contribution >= 4 is 11.8 Å². The molecule has 1 heterocycles. The molecular weight excluding hydrogens is 98.0 g/mol. The molecule has 4 nitrogen and oxygen atoms in total. The summed E-state index contributed by atoms with van der Waals surface area (Å²) in [6, 6.07) is 0. The molecule has 0 atom stereocenters. The molecule has 0 bridgehead atoms. The van der Waals surface area contributed by atoms with E-state index in [4.69, 9.17) is 0 Å². The molecule has 0 spiro atoms. The minimum absolute atomic E-state index is 0.0127. The van der Waals surface area contributed by atoms with Crippen molar-refractivity contribution in [3.63, 3.8) is 0 Å². The van der Waals surface area contributed by atoms with Crippen LogP contribution in [-0.4, -0.2) is 18.3 Å². The van der Waals surface area contributed by atoms with Gasteiger partial charge in [0, 0.05) is 0 Å². The van der Waals surface area contributed by atoms with E-state index in [0.717, 1.165) is 0 Å². The summed E-state index contributed by atoms with van der Waals surface area (Å²) < 4.78 is 0. The lowest BCUT2D eigenvalue weighted by molar-refractivity contribution is -0.149. The van der Waals surface area contributed by atoms with Crippen LogP contribution in [0, 0.1) is 0 Å². The third kappa shape index (κ3) is 0.592. The summed E-state index contributed by atoms with van der Waals surface area (Å²) in [5.74, 6) is -1.31. The smallest absolute Gasteiger partial charge is 0.364 e. The van der Waals surface area contributed by atoms with Crippen molar-refractivity contribution in [3.8, 4) is 0 Å². The maximum atomic E-state index is 10.0. The topological polar surface area (TPSA) is 55.4 Å². The van der Waals surface area contributed by atoms with Crippen molar-refractivity contribution in [1.82, 2.24) is 5.48 Å². The molecule has 0 saturated carbocycles. The third-order valence-electron chi connectivity index (χ3n) is 0.625. The zero-order chi connectivity index (χ0) is 5.28. The first kappa shape index (κ1) is 4.26. The second-order valence-electron chi connectivity index (χ2n) is 1.13. The van der Waals surface area contributed by atoms with Crippen LogP contribution in [0.25, 0.3) is 0 Å². The van der Waals surface area contributed by atoms with Gasteiger partial charge in [-0.2, -0.15) is 0 Å². The van der Waals surface area contributed by atoms with E-state index >= 15 is 0 Å². The van der Waals surface area contributed by atoms with Crippen LogP contribution in [0.4, 0.5) is 0 Å². The van der Waals surface area contributed by atoms with E-state index in [1.807, 2.05) is 0 Å². The standard InChI is InChI=1S/C3H3NO3/c5-2-1-4-7-3(2)6/h4H,1H2. The predicted molar refractivity (Wildman–Crippen MR) is 19.1 cm³/mol. The van der Waals surface area contributed by atoms with Gasteiger partial charge in [-0.05, 0) is 0 Å². The van der Waals surface area contributed by atoms with Gasteiger partial charge in [0.05, 0.1) is 0 Å². The summed E-state index contributed by atoms with van der Waals surface area (Å²) in [4.78, 5) is 24.0. The molecule has 1 aliphatic rings. The molecule has 0 aromatic heterocycles. The van der Waals surface area contributed by atoms with E-state index in [0.29, 0.717) is 0 Å². The fraction of sp³-hybridized carbons (Fsp3) is 0.333. The molecule has 1 saturated heterocycles. The fourth-order valence-electron chi connectivity index (χ4n) is 0.296. The highest BCUT2D eigenvalue weighted by Crippen LogP contribution is 1.83. The second-order valence-corrected chi connectivity index (χ2v) is 1.13. The second kappa shape index (κ2) is 1.31. The average Bonchev–Trinajstić information content (AvgIpc) is 1.91. The van der Waals surface area contributed by atoms with E-state index < -0.39 is 11.8 Å². The highest BCUT2D eigenvalue weighted by atomic mass is 16.7. The van der Waals surface area contributed by atoms with Crippen LogP contribution in [0.1, 0.15) is 0 Å². The first-order valence-electron chi connectivity index (χ1n) is 1.77. The molecular formula is C3H3NO3. The van der Waals surface area contributed by atoms with Gasteiger partial charge in [-0.25, -0.2) is 4.79 Å². The molecule has 0 aliphatic carbocycles. The maximum Gasteiger partial charge on any atom is 0.394 e. The van der Waals surface area contributed by atoms with Crippen LogP contribution in [0.15, 0.2) is 0 Å². The number of carbonyl (C=O) groups is 2. The van der Waals surface area contributed by atoms with Gasteiger partial charge in [0.25, 0.3) is 5.78 Å². The minimum Gasteiger partial charge on any atom is -0.364 e. The number of carbonyl (C=O) groups excluding carboxylic acids is 2. The summed E-state index contributed by atoms with van der Waals surface area (Å²) in [5, 5.41) is 0. The Bertz CT molecular complexity index is 105. The van der Waals surface area contributed by atoms with E-state index in [1.54, 1.807) is 0 Å². The SMILES string of the molecule is O=C1CNOC1=O. The van der Waals surface area contributed by atoms with E-state index in [9.17, 15) is 9.59 Å². The molecule has 0 aromatic carbocycles. The highest BCUT2D eigenvalue weighted by molar-refractivity contribution is 6.35. The Labute approximate surface area is 39.4 Å². The Hall–Kier alpha value is -0.900. The molecule has 1 fully saturated rings. The van der Waals surface area contributed by atoms with Crippen LogP contribution in [0.2, 0.25) is 0 Å². The van der Waals surface area contributed by atoms with E-state index in [2.05, 4.69) is 10.3 Å². The predicted octanol–water partition coefficient (Wildman–Crippen LogP) is -1.38. The number of rotatable bonds is 0. The highest BCUT2D eigenvalue weighted by Gasteiger charge is 2.21. The van der Waals surface area contributed by atoms with Gasteiger partial charge in [0.2, 0.25) is 0 Å². The number of nitrogens with one attached hydrogen (secondary N) is 1. The molecule has 1 rings (SSSR count). The van der Waals surface area contributed by atoms with Crippen LogP contribution in [-0.2, 0) is 14.4 Å². The van der Waals surface area contributed by atoms with Crippen molar-refractivity contribution in [1.29, 1.82) is 0 Å². The molecule has 0 aromatic rings. The Balaban J connectivity index is 2.65. The lowest BCUT2D eigenvalue weighted by Gasteiger charge is -1.80. The van der Waals surface area contributed by atoms with Crippen LogP contribution < -0.4 is 5.48 Å². The zero-order valence-electron chi connectivity index (χ0n) is 3.43. The number of hydrogen-bond donors (Lipinski definition) is 1. The van der Waals surface area contributed by atoms with Crippen LogP contribution in [0.3, 0.4) is 0 Å². The van der Waals surface area contributed by atoms with Crippen molar-refractivity contribution in [2.45, 2.75) is 0 Å². The van der Waals surface area contributed by atoms with Gasteiger partial charge in [0.1, 0.15) is 6.54 Å². The molecule has 1 N–H and O–H groups in total. The molecule has 0 unspecified atom stereocenters. The molecule has 0 radical (unpaired) electrons. The van der Waals surface area contributed by atoms with Gasteiger partial charge in [0.15, 0.2) is 0 Å². The maximum absolute atomic E-state index is 10.0. The van der Waals surface area contributed by atoms with Gasteiger partial charge in [-0.15, -0.1) is 5.48 Å². The lowest BCUT2D eigenvalue weighted by Crippen LogP contribution is -2.07. The van der Waals surface area contributed by atoms with Gasteiger partial charge < -0.3 is 4.84 Å². The Morgan fingerprint density at radius 2 is 2.29 bits per heavy atom. The zero-order valence-corrected chi connectivity index (χ0v) is 3.43. The normalized spacial score (nSPS) is 20.0. The summed E-state index contributed by atoms with van der Waals surface area (Å²) in [5.41, 5.74) is 2.12. The van der Waals surface area contributed by atoms with Crippen LogP contribution in [0.5, 0.6) is 0 Å². The summed E-state index contributed by atoms with van der Waals surface area (Å²) in [6.45, 7) is 0.0127.